The van der Waals surface area contributed by atoms with Gasteiger partial charge in [0.25, 0.3) is 10.0 Å². The van der Waals surface area contributed by atoms with Crippen molar-refractivity contribution in [1.29, 1.82) is 0 Å². The van der Waals surface area contributed by atoms with Gasteiger partial charge in [-0.1, -0.05) is 35.9 Å². The molecule has 138 valence electrons. The number of hydrogen-bond acceptors (Lipinski definition) is 4. The second-order valence-electron chi connectivity index (χ2n) is 5.95. The summed E-state index contributed by atoms with van der Waals surface area (Å²) in [5.41, 5.74) is 1.87. The molecule has 1 heterocycles. The number of carbonyl (C=O) groups excluding carboxylic acids is 1. The van der Waals surface area contributed by atoms with Crippen LogP contribution < -0.4 is 9.62 Å². The van der Waals surface area contributed by atoms with Crippen LogP contribution in [0.2, 0.25) is 0 Å². The van der Waals surface area contributed by atoms with Crippen LogP contribution >= 0.6 is 0 Å². The third-order valence-corrected chi connectivity index (χ3v) is 5.67. The third-order valence-electron chi connectivity index (χ3n) is 3.89. The van der Waals surface area contributed by atoms with Gasteiger partial charge in [-0.3, -0.25) is 14.1 Å². The van der Waals surface area contributed by atoms with Gasteiger partial charge in [0.15, 0.2) is 0 Å². The molecule has 0 spiro atoms. The van der Waals surface area contributed by atoms with Gasteiger partial charge in [-0.15, -0.1) is 0 Å². The van der Waals surface area contributed by atoms with E-state index in [1.807, 2.05) is 6.92 Å². The van der Waals surface area contributed by atoms with Crippen molar-refractivity contribution in [3.05, 3.63) is 84.7 Å². The standard InChI is InChI=1S/C20H19N3O3S/c1-16-9-11-19(12-10-16)27(25,26)23(18-7-3-2-4-8-18)15-20(24)22-17-6-5-13-21-14-17/h2-14H,15H2,1H3,(H,22,24). The molecule has 0 saturated carbocycles. The van der Waals surface area contributed by atoms with Gasteiger partial charge in [-0.25, -0.2) is 8.42 Å². The summed E-state index contributed by atoms with van der Waals surface area (Å²) >= 11 is 0. The van der Waals surface area contributed by atoms with Gasteiger partial charge in [-0.05, 0) is 43.3 Å². The maximum Gasteiger partial charge on any atom is 0.264 e. The summed E-state index contributed by atoms with van der Waals surface area (Å²) in [5, 5.41) is 2.67. The number of aryl methyl sites for hydroxylation is 1. The molecule has 27 heavy (non-hydrogen) atoms. The Morgan fingerprint density at radius 2 is 1.70 bits per heavy atom. The number of pyridine rings is 1. The number of carbonyl (C=O) groups is 1. The van der Waals surface area contributed by atoms with Gasteiger partial charge >= 0.3 is 0 Å². The number of anilines is 2. The van der Waals surface area contributed by atoms with Crippen molar-refractivity contribution in [2.45, 2.75) is 11.8 Å². The Labute approximate surface area is 158 Å². The van der Waals surface area contributed by atoms with Crippen LogP contribution in [0.5, 0.6) is 0 Å². The lowest BCUT2D eigenvalue weighted by Gasteiger charge is -2.24. The number of sulfonamides is 1. The maximum atomic E-state index is 13.2. The molecular weight excluding hydrogens is 362 g/mol. The number of hydrogen-bond donors (Lipinski definition) is 1. The van der Waals surface area contributed by atoms with Crippen LogP contribution in [-0.2, 0) is 14.8 Å². The molecule has 0 atom stereocenters. The molecule has 0 saturated heterocycles. The topological polar surface area (TPSA) is 79.4 Å². The molecule has 3 rings (SSSR count). The SMILES string of the molecule is Cc1ccc(S(=O)(=O)N(CC(=O)Nc2cccnc2)c2ccccc2)cc1. The van der Waals surface area contributed by atoms with E-state index in [1.165, 1.54) is 6.20 Å². The number of rotatable bonds is 6. The molecule has 1 N–H and O–H groups in total. The second kappa shape index (κ2) is 8.01. The molecule has 2 aromatic carbocycles. The summed E-state index contributed by atoms with van der Waals surface area (Å²) in [7, 11) is -3.90. The number of nitrogens with one attached hydrogen (secondary N) is 1. The molecule has 0 bridgehead atoms. The first-order chi connectivity index (χ1) is 13.0. The Morgan fingerprint density at radius 1 is 1.00 bits per heavy atom. The molecule has 0 aliphatic carbocycles. The smallest absolute Gasteiger partial charge is 0.264 e. The molecule has 0 aliphatic heterocycles. The van der Waals surface area contributed by atoms with E-state index in [0.29, 0.717) is 11.4 Å². The maximum absolute atomic E-state index is 13.2. The Morgan fingerprint density at radius 3 is 2.33 bits per heavy atom. The summed E-state index contributed by atoms with van der Waals surface area (Å²) in [5.74, 6) is -0.456. The molecule has 1 amide bonds. The number of amides is 1. The van der Waals surface area contributed by atoms with Gasteiger partial charge in [0, 0.05) is 6.20 Å². The number of aromatic nitrogens is 1. The molecular formula is C20H19N3O3S. The predicted octanol–water partition coefficient (Wildman–Crippen LogP) is 3.22. The normalized spacial score (nSPS) is 11.0. The monoisotopic (exact) mass is 381 g/mol. The summed E-state index contributed by atoms with van der Waals surface area (Å²) < 4.78 is 27.4. The van der Waals surface area contributed by atoms with Crippen molar-refractivity contribution in [3.63, 3.8) is 0 Å². The number of para-hydroxylation sites is 1. The molecule has 0 fully saturated rings. The van der Waals surface area contributed by atoms with Crippen LogP contribution in [0.3, 0.4) is 0 Å². The van der Waals surface area contributed by atoms with E-state index in [0.717, 1.165) is 9.87 Å². The van der Waals surface area contributed by atoms with E-state index in [-0.39, 0.29) is 11.4 Å². The highest BCUT2D eigenvalue weighted by atomic mass is 32.2. The van der Waals surface area contributed by atoms with E-state index in [1.54, 1.807) is 72.9 Å². The first-order valence-corrected chi connectivity index (χ1v) is 9.75. The fraction of sp³-hybridized carbons (Fsp3) is 0.100. The van der Waals surface area contributed by atoms with Crippen molar-refractivity contribution < 1.29 is 13.2 Å². The minimum absolute atomic E-state index is 0.131. The lowest BCUT2D eigenvalue weighted by molar-refractivity contribution is -0.114. The van der Waals surface area contributed by atoms with Crippen LogP contribution in [0.15, 0.2) is 84.0 Å². The highest BCUT2D eigenvalue weighted by molar-refractivity contribution is 7.92. The Hall–Kier alpha value is -3.19. The molecule has 1 aromatic heterocycles. The van der Waals surface area contributed by atoms with E-state index in [4.69, 9.17) is 0 Å². The highest BCUT2D eigenvalue weighted by Crippen LogP contribution is 2.23. The average Bonchev–Trinajstić information content (AvgIpc) is 2.68. The second-order valence-corrected chi connectivity index (χ2v) is 7.81. The van der Waals surface area contributed by atoms with Gasteiger partial charge in [0.2, 0.25) is 5.91 Å². The Balaban J connectivity index is 1.92. The van der Waals surface area contributed by atoms with Crippen LogP contribution in [-0.4, -0.2) is 25.9 Å². The highest BCUT2D eigenvalue weighted by Gasteiger charge is 2.27. The molecule has 7 heteroatoms. The zero-order chi connectivity index (χ0) is 19.3. The van der Waals surface area contributed by atoms with E-state index in [2.05, 4.69) is 10.3 Å². The number of nitrogens with zero attached hydrogens (tertiary/aromatic N) is 2. The van der Waals surface area contributed by atoms with Gasteiger partial charge < -0.3 is 5.32 Å². The Kier molecular flexibility index (Phi) is 5.52. The first-order valence-electron chi connectivity index (χ1n) is 8.31. The van der Waals surface area contributed by atoms with E-state index in [9.17, 15) is 13.2 Å². The lowest BCUT2D eigenvalue weighted by Crippen LogP contribution is -2.38. The summed E-state index contributed by atoms with van der Waals surface area (Å²) in [4.78, 5) is 16.5. The molecule has 0 unspecified atom stereocenters. The Bertz CT molecular complexity index is 1010. The van der Waals surface area contributed by atoms with Crippen LogP contribution in [0.4, 0.5) is 11.4 Å². The van der Waals surface area contributed by atoms with Crippen molar-refractivity contribution in [2.24, 2.45) is 0 Å². The molecule has 0 radical (unpaired) electrons. The average molecular weight is 381 g/mol. The van der Waals surface area contributed by atoms with Gasteiger partial charge in [0.1, 0.15) is 6.54 Å². The first kappa shape index (κ1) is 18.6. The zero-order valence-corrected chi connectivity index (χ0v) is 15.6. The van der Waals surface area contributed by atoms with Crippen LogP contribution in [0, 0.1) is 6.92 Å². The van der Waals surface area contributed by atoms with Crippen molar-refractivity contribution >= 4 is 27.3 Å². The molecule has 3 aromatic rings. The summed E-state index contributed by atoms with van der Waals surface area (Å²) in [6, 6.07) is 18.5. The predicted molar refractivity (Wildman–Crippen MR) is 105 cm³/mol. The minimum atomic E-state index is -3.90. The summed E-state index contributed by atoms with van der Waals surface area (Å²) in [6.45, 7) is 1.53. The van der Waals surface area contributed by atoms with Crippen LogP contribution in [0.1, 0.15) is 5.56 Å². The third kappa shape index (κ3) is 4.51. The van der Waals surface area contributed by atoms with Crippen LogP contribution in [0.25, 0.3) is 0 Å². The lowest BCUT2D eigenvalue weighted by atomic mass is 10.2. The van der Waals surface area contributed by atoms with Crippen molar-refractivity contribution in [2.75, 3.05) is 16.2 Å². The van der Waals surface area contributed by atoms with Crippen molar-refractivity contribution in [1.82, 2.24) is 4.98 Å². The van der Waals surface area contributed by atoms with E-state index >= 15 is 0 Å². The quantitative estimate of drug-likeness (QED) is 0.711. The van der Waals surface area contributed by atoms with Gasteiger partial charge in [0.05, 0.1) is 22.5 Å². The fourth-order valence-corrected chi connectivity index (χ4v) is 3.94. The fourth-order valence-electron chi connectivity index (χ4n) is 2.51. The largest absolute Gasteiger partial charge is 0.323 e. The molecule has 0 aliphatic rings. The van der Waals surface area contributed by atoms with E-state index < -0.39 is 15.9 Å². The summed E-state index contributed by atoms with van der Waals surface area (Å²) in [6.07, 6.45) is 3.09. The minimum Gasteiger partial charge on any atom is -0.323 e. The zero-order valence-electron chi connectivity index (χ0n) is 14.7. The molecule has 6 nitrogen and oxygen atoms in total. The number of benzene rings is 2. The van der Waals surface area contributed by atoms with Crippen molar-refractivity contribution in [3.8, 4) is 0 Å². The van der Waals surface area contributed by atoms with Gasteiger partial charge in [-0.2, -0.15) is 0 Å².